The number of rotatable bonds is 5. The van der Waals surface area contributed by atoms with Crippen LogP contribution >= 0.6 is 12.4 Å². The van der Waals surface area contributed by atoms with E-state index in [0.29, 0.717) is 0 Å². The van der Waals surface area contributed by atoms with E-state index in [9.17, 15) is 4.79 Å². The third kappa shape index (κ3) is 4.84. The Balaban J connectivity index is 0.00000180. The van der Waals surface area contributed by atoms with Gasteiger partial charge in [-0.15, -0.1) is 12.4 Å². The van der Waals surface area contributed by atoms with E-state index in [-0.39, 0.29) is 29.8 Å². The van der Waals surface area contributed by atoms with E-state index in [1.807, 2.05) is 6.07 Å². The maximum Gasteiger partial charge on any atom is 0.226 e. The topological polar surface area (TPSA) is 41.1 Å². The number of halogens is 1. The standard InChI is InChI=1S/C15H22N2O.ClH/c1-15(2,17-14(18)13-10-16-11-13)9-8-12-6-4-3-5-7-12;/h3-7,13,16H,8-11H2,1-2H3,(H,17,18);1H. The summed E-state index contributed by atoms with van der Waals surface area (Å²) < 4.78 is 0. The van der Waals surface area contributed by atoms with Crippen molar-refractivity contribution in [1.29, 1.82) is 0 Å². The monoisotopic (exact) mass is 282 g/mol. The van der Waals surface area contributed by atoms with E-state index in [2.05, 4.69) is 48.7 Å². The number of carbonyl (C=O) groups excluding carboxylic acids is 1. The van der Waals surface area contributed by atoms with Crippen molar-refractivity contribution in [2.75, 3.05) is 13.1 Å². The van der Waals surface area contributed by atoms with Crippen molar-refractivity contribution in [2.24, 2.45) is 5.92 Å². The first-order valence-corrected chi connectivity index (χ1v) is 6.63. The number of carbonyl (C=O) groups is 1. The van der Waals surface area contributed by atoms with Gasteiger partial charge in [-0.3, -0.25) is 4.79 Å². The summed E-state index contributed by atoms with van der Waals surface area (Å²) in [5.74, 6) is 0.354. The molecule has 1 aromatic rings. The van der Waals surface area contributed by atoms with Gasteiger partial charge in [0.15, 0.2) is 0 Å². The molecule has 0 spiro atoms. The maximum absolute atomic E-state index is 11.9. The van der Waals surface area contributed by atoms with Crippen molar-refractivity contribution in [1.82, 2.24) is 10.6 Å². The molecule has 19 heavy (non-hydrogen) atoms. The van der Waals surface area contributed by atoms with Crippen LogP contribution in [0.3, 0.4) is 0 Å². The second-order valence-corrected chi connectivity index (χ2v) is 5.71. The molecule has 1 fully saturated rings. The zero-order valence-corrected chi connectivity index (χ0v) is 12.4. The fraction of sp³-hybridized carbons (Fsp3) is 0.533. The van der Waals surface area contributed by atoms with E-state index in [4.69, 9.17) is 0 Å². The van der Waals surface area contributed by atoms with Crippen LogP contribution in [0.15, 0.2) is 30.3 Å². The molecule has 3 nitrogen and oxygen atoms in total. The molecule has 0 radical (unpaired) electrons. The Morgan fingerprint density at radius 1 is 1.32 bits per heavy atom. The maximum atomic E-state index is 11.9. The lowest BCUT2D eigenvalue weighted by Crippen LogP contribution is -2.55. The molecule has 0 aromatic heterocycles. The molecule has 0 saturated carbocycles. The summed E-state index contributed by atoms with van der Waals surface area (Å²) in [6.45, 7) is 5.83. The summed E-state index contributed by atoms with van der Waals surface area (Å²) in [6, 6.07) is 10.4. The SMILES string of the molecule is CC(C)(CCc1ccccc1)NC(=O)C1CNC1.Cl. The van der Waals surface area contributed by atoms with Crippen LogP contribution in [0.2, 0.25) is 0 Å². The smallest absolute Gasteiger partial charge is 0.226 e. The zero-order valence-electron chi connectivity index (χ0n) is 11.6. The lowest BCUT2D eigenvalue weighted by Gasteiger charge is -2.32. The van der Waals surface area contributed by atoms with Crippen molar-refractivity contribution in [3.05, 3.63) is 35.9 Å². The third-order valence-corrected chi connectivity index (χ3v) is 3.50. The van der Waals surface area contributed by atoms with Gasteiger partial charge in [0.25, 0.3) is 0 Å². The predicted molar refractivity (Wildman–Crippen MR) is 80.6 cm³/mol. The van der Waals surface area contributed by atoms with Crippen LogP contribution in [0.5, 0.6) is 0 Å². The predicted octanol–water partition coefficient (Wildman–Crippen LogP) is 2.16. The molecule has 0 aliphatic carbocycles. The zero-order chi connectivity index (χ0) is 13.0. The molecule has 0 unspecified atom stereocenters. The summed E-state index contributed by atoms with van der Waals surface area (Å²) in [7, 11) is 0. The molecule has 1 aliphatic rings. The van der Waals surface area contributed by atoms with Crippen molar-refractivity contribution < 1.29 is 4.79 Å². The van der Waals surface area contributed by atoms with Crippen LogP contribution < -0.4 is 10.6 Å². The lowest BCUT2D eigenvalue weighted by atomic mass is 9.93. The fourth-order valence-corrected chi connectivity index (χ4v) is 2.07. The average Bonchev–Trinajstić information content (AvgIpc) is 2.25. The summed E-state index contributed by atoms with van der Waals surface area (Å²) in [5.41, 5.74) is 1.19. The Kier molecular flexibility index (Phi) is 5.83. The second kappa shape index (κ2) is 6.92. The Labute approximate surface area is 121 Å². The minimum atomic E-state index is -0.136. The highest BCUT2D eigenvalue weighted by Gasteiger charge is 2.29. The Hall–Kier alpha value is -1.06. The van der Waals surface area contributed by atoms with Gasteiger partial charge >= 0.3 is 0 Å². The van der Waals surface area contributed by atoms with E-state index in [0.717, 1.165) is 25.9 Å². The normalized spacial score (nSPS) is 15.3. The minimum absolute atomic E-state index is 0. The van der Waals surface area contributed by atoms with Crippen LogP contribution in [0, 0.1) is 5.92 Å². The Morgan fingerprint density at radius 2 is 1.95 bits per heavy atom. The number of nitrogens with one attached hydrogen (secondary N) is 2. The van der Waals surface area contributed by atoms with Gasteiger partial charge in [0.05, 0.1) is 5.92 Å². The molecular weight excluding hydrogens is 260 g/mol. The quantitative estimate of drug-likeness (QED) is 0.869. The van der Waals surface area contributed by atoms with Gasteiger partial charge < -0.3 is 10.6 Å². The van der Waals surface area contributed by atoms with Crippen molar-refractivity contribution in [3.63, 3.8) is 0 Å². The van der Waals surface area contributed by atoms with Gasteiger partial charge in [-0.25, -0.2) is 0 Å². The van der Waals surface area contributed by atoms with Gasteiger partial charge in [-0.1, -0.05) is 30.3 Å². The summed E-state index contributed by atoms with van der Waals surface area (Å²) in [5, 5.41) is 6.27. The molecule has 1 aromatic carbocycles. The van der Waals surface area contributed by atoms with Gasteiger partial charge in [0.2, 0.25) is 5.91 Å². The largest absolute Gasteiger partial charge is 0.351 e. The molecule has 0 bridgehead atoms. The molecule has 2 rings (SSSR count). The highest BCUT2D eigenvalue weighted by Crippen LogP contribution is 2.15. The van der Waals surface area contributed by atoms with Crippen molar-refractivity contribution in [2.45, 2.75) is 32.2 Å². The summed E-state index contributed by atoms with van der Waals surface area (Å²) in [4.78, 5) is 11.9. The first-order valence-electron chi connectivity index (χ1n) is 6.63. The van der Waals surface area contributed by atoms with Gasteiger partial charge in [-0.05, 0) is 32.3 Å². The first-order chi connectivity index (χ1) is 8.57. The summed E-state index contributed by atoms with van der Waals surface area (Å²) in [6.07, 6.45) is 1.96. The summed E-state index contributed by atoms with van der Waals surface area (Å²) >= 11 is 0. The van der Waals surface area contributed by atoms with Crippen LogP contribution in [0.4, 0.5) is 0 Å². The number of aryl methyl sites for hydroxylation is 1. The molecule has 2 N–H and O–H groups in total. The van der Waals surface area contributed by atoms with E-state index < -0.39 is 0 Å². The van der Waals surface area contributed by atoms with Crippen LogP contribution in [-0.2, 0) is 11.2 Å². The average molecular weight is 283 g/mol. The molecule has 1 saturated heterocycles. The van der Waals surface area contributed by atoms with E-state index in [1.54, 1.807) is 0 Å². The Bertz CT molecular complexity index is 402. The van der Waals surface area contributed by atoms with Crippen molar-refractivity contribution >= 4 is 18.3 Å². The lowest BCUT2D eigenvalue weighted by molar-refractivity contribution is -0.128. The number of benzene rings is 1. The molecule has 106 valence electrons. The van der Waals surface area contributed by atoms with E-state index >= 15 is 0 Å². The van der Waals surface area contributed by atoms with Crippen LogP contribution in [0.25, 0.3) is 0 Å². The molecule has 1 heterocycles. The third-order valence-electron chi connectivity index (χ3n) is 3.50. The Morgan fingerprint density at radius 3 is 2.47 bits per heavy atom. The van der Waals surface area contributed by atoms with Gasteiger partial charge in [0, 0.05) is 18.6 Å². The molecule has 0 atom stereocenters. The second-order valence-electron chi connectivity index (χ2n) is 5.71. The highest BCUT2D eigenvalue weighted by atomic mass is 35.5. The number of hydrogen-bond donors (Lipinski definition) is 2. The molecule has 1 aliphatic heterocycles. The molecule has 1 amide bonds. The molecular formula is C15H23ClN2O. The van der Waals surface area contributed by atoms with E-state index in [1.165, 1.54) is 5.56 Å². The number of hydrogen-bond acceptors (Lipinski definition) is 2. The van der Waals surface area contributed by atoms with Gasteiger partial charge in [-0.2, -0.15) is 0 Å². The van der Waals surface area contributed by atoms with Crippen LogP contribution in [-0.4, -0.2) is 24.5 Å². The first kappa shape index (κ1) is 16.0. The minimum Gasteiger partial charge on any atom is -0.351 e. The highest BCUT2D eigenvalue weighted by molar-refractivity contribution is 5.85. The number of amides is 1. The van der Waals surface area contributed by atoms with Crippen molar-refractivity contribution in [3.8, 4) is 0 Å². The van der Waals surface area contributed by atoms with Crippen LogP contribution in [0.1, 0.15) is 25.8 Å². The van der Waals surface area contributed by atoms with Gasteiger partial charge in [0.1, 0.15) is 0 Å². The molecule has 4 heteroatoms. The fourth-order valence-electron chi connectivity index (χ4n) is 2.07.